The summed E-state index contributed by atoms with van der Waals surface area (Å²) in [5, 5.41) is 0. The van der Waals surface area contributed by atoms with Crippen LogP contribution in [0.3, 0.4) is 0 Å². The SMILES string of the molecule is CCCCC[C@H]1C=C[C@H]2C=CC(=O)[C@@H]2CC=CCCCC(=O)O1. The minimum absolute atomic E-state index is 0.00949. The molecule has 0 saturated heterocycles. The molecular weight excluding hydrogens is 288 g/mol. The Morgan fingerprint density at radius 1 is 1.13 bits per heavy atom. The first-order valence-electron chi connectivity index (χ1n) is 8.95. The molecule has 3 atom stereocenters. The van der Waals surface area contributed by atoms with Crippen molar-refractivity contribution in [3.63, 3.8) is 0 Å². The molecule has 1 aliphatic heterocycles. The number of allylic oxidation sites excluding steroid dienone is 5. The van der Waals surface area contributed by atoms with Crippen molar-refractivity contribution in [2.45, 2.75) is 64.4 Å². The number of fused-ring (bicyclic) bond motifs is 1. The van der Waals surface area contributed by atoms with E-state index in [9.17, 15) is 9.59 Å². The molecule has 1 heterocycles. The molecule has 0 bridgehead atoms. The summed E-state index contributed by atoms with van der Waals surface area (Å²) in [6, 6.07) is 0. The molecule has 0 N–H and O–H groups in total. The highest BCUT2D eigenvalue weighted by Gasteiger charge is 2.27. The van der Waals surface area contributed by atoms with Crippen LogP contribution in [-0.4, -0.2) is 17.9 Å². The van der Waals surface area contributed by atoms with E-state index in [1.165, 1.54) is 0 Å². The van der Waals surface area contributed by atoms with Crippen molar-refractivity contribution >= 4 is 11.8 Å². The second-order valence-electron chi connectivity index (χ2n) is 6.45. The van der Waals surface area contributed by atoms with Gasteiger partial charge in [0.05, 0.1) is 0 Å². The minimum atomic E-state index is -0.160. The van der Waals surface area contributed by atoms with E-state index >= 15 is 0 Å². The standard InChI is InChI=1S/C20H28O3/c1-2-3-6-9-17-14-12-16-13-15-19(21)18(16)10-7-4-5-8-11-20(22)23-17/h4,7,12-18H,2-3,5-6,8-11H2,1H3/t16-,17-,18+/m0/s1. The molecule has 23 heavy (non-hydrogen) atoms. The van der Waals surface area contributed by atoms with Crippen molar-refractivity contribution in [1.82, 2.24) is 0 Å². The Morgan fingerprint density at radius 3 is 2.83 bits per heavy atom. The molecule has 2 aliphatic rings. The van der Waals surface area contributed by atoms with Gasteiger partial charge in [-0.1, -0.05) is 44.1 Å². The van der Waals surface area contributed by atoms with Gasteiger partial charge in [-0.2, -0.15) is 0 Å². The smallest absolute Gasteiger partial charge is 0.306 e. The van der Waals surface area contributed by atoms with Gasteiger partial charge in [0.2, 0.25) is 0 Å². The summed E-state index contributed by atoms with van der Waals surface area (Å²) in [5.41, 5.74) is 0. The molecule has 2 rings (SSSR count). The van der Waals surface area contributed by atoms with Crippen LogP contribution in [0.5, 0.6) is 0 Å². The average Bonchev–Trinajstić information content (AvgIpc) is 2.88. The maximum atomic E-state index is 12.0. The molecule has 0 radical (unpaired) electrons. The van der Waals surface area contributed by atoms with E-state index in [0.29, 0.717) is 6.42 Å². The molecule has 0 amide bonds. The number of unbranched alkanes of at least 4 members (excludes halogenated alkanes) is 2. The molecule has 0 spiro atoms. The van der Waals surface area contributed by atoms with Crippen molar-refractivity contribution in [1.29, 1.82) is 0 Å². The number of hydrogen-bond donors (Lipinski definition) is 0. The molecule has 0 saturated carbocycles. The van der Waals surface area contributed by atoms with Crippen molar-refractivity contribution in [2.24, 2.45) is 11.8 Å². The molecule has 3 nitrogen and oxygen atoms in total. The van der Waals surface area contributed by atoms with Crippen LogP contribution in [0.4, 0.5) is 0 Å². The quantitative estimate of drug-likeness (QED) is 0.434. The van der Waals surface area contributed by atoms with Gasteiger partial charge in [0, 0.05) is 18.3 Å². The fourth-order valence-electron chi connectivity index (χ4n) is 3.12. The van der Waals surface area contributed by atoms with Gasteiger partial charge in [-0.05, 0) is 44.3 Å². The molecule has 126 valence electrons. The van der Waals surface area contributed by atoms with Crippen LogP contribution in [0.1, 0.15) is 58.3 Å². The lowest BCUT2D eigenvalue weighted by molar-refractivity contribution is -0.147. The first kappa shape index (κ1) is 17.7. The number of hydrogen-bond acceptors (Lipinski definition) is 3. The van der Waals surface area contributed by atoms with E-state index in [-0.39, 0.29) is 29.7 Å². The van der Waals surface area contributed by atoms with Crippen LogP contribution in [0, 0.1) is 11.8 Å². The second-order valence-corrected chi connectivity index (χ2v) is 6.45. The Labute approximate surface area is 139 Å². The summed E-state index contributed by atoms with van der Waals surface area (Å²) in [7, 11) is 0. The van der Waals surface area contributed by atoms with E-state index in [2.05, 4.69) is 25.2 Å². The predicted octanol–water partition coefficient (Wildman–Crippen LogP) is 4.54. The van der Waals surface area contributed by atoms with Gasteiger partial charge in [0.1, 0.15) is 6.10 Å². The maximum absolute atomic E-state index is 12.0. The molecule has 1 aliphatic carbocycles. The lowest BCUT2D eigenvalue weighted by atomic mass is 9.90. The Bertz CT molecular complexity index is 487. The molecule has 0 fully saturated rings. The molecule has 3 heteroatoms. The van der Waals surface area contributed by atoms with Crippen molar-refractivity contribution in [3.8, 4) is 0 Å². The van der Waals surface area contributed by atoms with Gasteiger partial charge in [0.25, 0.3) is 0 Å². The highest BCUT2D eigenvalue weighted by Crippen LogP contribution is 2.28. The Balaban J connectivity index is 2.07. The van der Waals surface area contributed by atoms with Gasteiger partial charge in [0.15, 0.2) is 5.78 Å². The van der Waals surface area contributed by atoms with Crippen LogP contribution in [-0.2, 0) is 14.3 Å². The molecule has 0 unspecified atom stereocenters. The lowest BCUT2D eigenvalue weighted by Gasteiger charge is -2.16. The predicted molar refractivity (Wildman–Crippen MR) is 91.9 cm³/mol. The third-order valence-corrected chi connectivity index (χ3v) is 4.54. The monoisotopic (exact) mass is 316 g/mol. The first-order valence-corrected chi connectivity index (χ1v) is 8.95. The average molecular weight is 316 g/mol. The zero-order chi connectivity index (χ0) is 16.5. The first-order chi connectivity index (χ1) is 11.2. The minimum Gasteiger partial charge on any atom is -0.458 e. The van der Waals surface area contributed by atoms with Gasteiger partial charge in [-0.3, -0.25) is 9.59 Å². The van der Waals surface area contributed by atoms with E-state index in [4.69, 9.17) is 4.74 Å². The van der Waals surface area contributed by atoms with Gasteiger partial charge >= 0.3 is 5.97 Å². The van der Waals surface area contributed by atoms with E-state index < -0.39 is 0 Å². The van der Waals surface area contributed by atoms with Crippen molar-refractivity contribution in [2.75, 3.05) is 0 Å². The number of carbonyl (C=O) groups excluding carboxylic acids is 2. The third-order valence-electron chi connectivity index (χ3n) is 4.54. The van der Waals surface area contributed by atoms with E-state index in [1.54, 1.807) is 6.08 Å². The number of carbonyl (C=O) groups is 2. The number of ether oxygens (including phenoxy) is 1. The highest BCUT2D eigenvalue weighted by atomic mass is 16.5. The summed E-state index contributed by atoms with van der Waals surface area (Å²) in [5.74, 6) is 0.229. The third kappa shape index (κ3) is 5.81. The van der Waals surface area contributed by atoms with Crippen LogP contribution in [0.15, 0.2) is 36.5 Å². The normalized spacial score (nSPS) is 28.7. The summed E-state index contributed by atoms with van der Waals surface area (Å²) >= 11 is 0. The van der Waals surface area contributed by atoms with Gasteiger partial charge in [-0.25, -0.2) is 0 Å². The number of cyclic esters (lactones) is 1. The fraction of sp³-hybridized carbons (Fsp3) is 0.600. The Hall–Kier alpha value is -1.64. The number of ketones is 1. The Morgan fingerprint density at radius 2 is 2.00 bits per heavy atom. The number of rotatable bonds is 4. The van der Waals surface area contributed by atoms with E-state index in [0.717, 1.165) is 44.9 Å². The second kappa shape index (κ2) is 9.49. The zero-order valence-electron chi connectivity index (χ0n) is 14.1. The van der Waals surface area contributed by atoms with Gasteiger partial charge in [-0.15, -0.1) is 0 Å². The number of esters is 1. The molecule has 0 aromatic heterocycles. The largest absolute Gasteiger partial charge is 0.458 e. The Kier molecular flexibility index (Phi) is 7.31. The maximum Gasteiger partial charge on any atom is 0.306 e. The van der Waals surface area contributed by atoms with Crippen molar-refractivity contribution < 1.29 is 14.3 Å². The fourth-order valence-corrected chi connectivity index (χ4v) is 3.12. The van der Waals surface area contributed by atoms with Crippen LogP contribution in [0.25, 0.3) is 0 Å². The summed E-state index contributed by atoms with van der Waals surface area (Å²) in [4.78, 5) is 24.0. The van der Waals surface area contributed by atoms with Gasteiger partial charge < -0.3 is 4.74 Å². The summed E-state index contributed by atoms with van der Waals surface area (Å²) < 4.78 is 5.63. The topological polar surface area (TPSA) is 43.4 Å². The molecule has 0 aromatic rings. The summed E-state index contributed by atoms with van der Waals surface area (Å²) in [6.07, 6.45) is 18.9. The lowest BCUT2D eigenvalue weighted by Crippen LogP contribution is -2.17. The van der Waals surface area contributed by atoms with Crippen LogP contribution >= 0.6 is 0 Å². The molecular formula is C20H28O3. The highest BCUT2D eigenvalue weighted by molar-refractivity contribution is 5.95. The van der Waals surface area contributed by atoms with E-state index in [1.807, 2.05) is 12.2 Å². The zero-order valence-corrected chi connectivity index (χ0v) is 14.1. The summed E-state index contributed by atoms with van der Waals surface area (Å²) in [6.45, 7) is 2.17. The molecule has 0 aromatic carbocycles. The van der Waals surface area contributed by atoms with Crippen molar-refractivity contribution in [3.05, 3.63) is 36.5 Å². The van der Waals surface area contributed by atoms with Crippen LogP contribution in [0.2, 0.25) is 0 Å². The van der Waals surface area contributed by atoms with Crippen LogP contribution < -0.4 is 0 Å².